The molecule has 0 amide bonds. The highest BCUT2D eigenvalue weighted by atomic mass is 19.1. The first kappa shape index (κ1) is 13.1. The Bertz CT molecular complexity index is 619. The monoisotopic (exact) mass is 263 g/mol. The summed E-state index contributed by atoms with van der Waals surface area (Å²) in [6, 6.07) is 6.31. The summed E-state index contributed by atoms with van der Waals surface area (Å²) in [7, 11) is 1.40. The lowest BCUT2D eigenvalue weighted by molar-refractivity contribution is 0.0685. The summed E-state index contributed by atoms with van der Waals surface area (Å²) in [6.45, 7) is 2.03. The van der Waals surface area contributed by atoms with Gasteiger partial charge in [-0.25, -0.2) is 9.18 Å². The molecule has 0 aliphatic carbocycles. The van der Waals surface area contributed by atoms with E-state index in [2.05, 4.69) is 0 Å². The highest BCUT2D eigenvalue weighted by Gasteiger charge is 2.14. The van der Waals surface area contributed by atoms with Gasteiger partial charge in [-0.1, -0.05) is 6.07 Å². The standard InChI is InChI=1S/C14H14FNO3/c1-9-5-6-16(13(9)14(17)18)8-10-3-4-12(19-2)11(15)7-10/h3-7H,8H2,1-2H3,(H,17,18). The van der Waals surface area contributed by atoms with Crippen molar-refractivity contribution in [3.05, 3.63) is 53.1 Å². The topological polar surface area (TPSA) is 51.5 Å². The first-order valence-corrected chi connectivity index (χ1v) is 5.74. The minimum atomic E-state index is -0.989. The maximum absolute atomic E-state index is 13.6. The van der Waals surface area contributed by atoms with E-state index in [1.54, 1.807) is 29.8 Å². The van der Waals surface area contributed by atoms with Crippen LogP contribution in [0.2, 0.25) is 0 Å². The Hall–Kier alpha value is -2.30. The first-order valence-electron chi connectivity index (χ1n) is 5.74. The highest BCUT2D eigenvalue weighted by Crippen LogP contribution is 2.19. The molecule has 2 aromatic rings. The van der Waals surface area contributed by atoms with Crippen molar-refractivity contribution in [1.82, 2.24) is 4.57 Å². The van der Waals surface area contributed by atoms with Gasteiger partial charge in [0.25, 0.3) is 0 Å². The van der Waals surface area contributed by atoms with Gasteiger partial charge in [-0.05, 0) is 36.2 Å². The Morgan fingerprint density at radius 3 is 2.74 bits per heavy atom. The second-order valence-electron chi connectivity index (χ2n) is 4.25. The average Bonchev–Trinajstić information content (AvgIpc) is 2.70. The SMILES string of the molecule is COc1ccc(Cn2ccc(C)c2C(=O)O)cc1F. The summed E-state index contributed by atoms with van der Waals surface area (Å²) in [4.78, 5) is 11.1. The zero-order valence-corrected chi connectivity index (χ0v) is 10.7. The van der Waals surface area contributed by atoms with Crippen molar-refractivity contribution in [3.63, 3.8) is 0 Å². The van der Waals surface area contributed by atoms with E-state index in [1.165, 1.54) is 19.2 Å². The molecular weight excluding hydrogens is 249 g/mol. The third kappa shape index (κ3) is 2.59. The molecule has 1 heterocycles. The smallest absolute Gasteiger partial charge is 0.352 e. The van der Waals surface area contributed by atoms with Crippen molar-refractivity contribution < 1.29 is 19.0 Å². The van der Waals surface area contributed by atoms with E-state index in [0.29, 0.717) is 17.7 Å². The molecule has 2 rings (SSSR count). The summed E-state index contributed by atoms with van der Waals surface area (Å²) in [5, 5.41) is 9.14. The van der Waals surface area contributed by atoms with Crippen molar-refractivity contribution in [2.75, 3.05) is 7.11 Å². The number of benzene rings is 1. The predicted molar refractivity (Wildman–Crippen MR) is 68.2 cm³/mol. The number of aromatic nitrogens is 1. The van der Waals surface area contributed by atoms with Gasteiger partial charge in [0.2, 0.25) is 0 Å². The third-order valence-corrected chi connectivity index (χ3v) is 2.94. The molecule has 1 aromatic carbocycles. The third-order valence-electron chi connectivity index (χ3n) is 2.94. The fourth-order valence-corrected chi connectivity index (χ4v) is 2.01. The molecule has 0 aliphatic heterocycles. The fourth-order valence-electron chi connectivity index (χ4n) is 2.01. The Morgan fingerprint density at radius 1 is 1.42 bits per heavy atom. The quantitative estimate of drug-likeness (QED) is 0.922. The van der Waals surface area contributed by atoms with Crippen LogP contribution in [0.25, 0.3) is 0 Å². The number of aromatic carboxylic acids is 1. The summed E-state index contributed by atoms with van der Waals surface area (Å²) >= 11 is 0. The lowest BCUT2D eigenvalue weighted by atomic mass is 10.2. The van der Waals surface area contributed by atoms with Crippen molar-refractivity contribution >= 4 is 5.97 Å². The van der Waals surface area contributed by atoms with E-state index in [-0.39, 0.29) is 11.4 Å². The molecule has 5 heteroatoms. The number of carboxylic acid groups (broad SMARTS) is 1. The molecule has 0 unspecified atom stereocenters. The van der Waals surface area contributed by atoms with Gasteiger partial charge in [0.1, 0.15) is 5.69 Å². The van der Waals surface area contributed by atoms with Gasteiger partial charge in [0.15, 0.2) is 11.6 Å². The molecule has 0 bridgehead atoms. The van der Waals surface area contributed by atoms with Crippen molar-refractivity contribution in [3.8, 4) is 5.75 Å². The van der Waals surface area contributed by atoms with Crippen molar-refractivity contribution in [2.45, 2.75) is 13.5 Å². The molecule has 1 N–H and O–H groups in total. The summed E-state index contributed by atoms with van der Waals surface area (Å²) < 4.78 is 20.0. The number of halogens is 1. The van der Waals surface area contributed by atoms with Gasteiger partial charge in [-0.3, -0.25) is 0 Å². The van der Waals surface area contributed by atoms with Crippen LogP contribution < -0.4 is 4.74 Å². The summed E-state index contributed by atoms with van der Waals surface area (Å²) in [6.07, 6.45) is 1.68. The second kappa shape index (κ2) is 5.14. The number of aryl methyl sites for hydroxylation is 1. The van der Waals surface area contributed by atoms with Gasteiger partial charge in [0.05, 0.1) is 7.11 Å². The van der Waals surface area contributed by atoms with E-state index in [1.807, 2.05) is 0 Å². The maximum atomic E-state index is 13.6. The first-order chi connectivity index (χ1) is 9.02. The molecule has 19 heavy (non-hydrogen) atoms. The molecular formula is C14H14FNO3. The van der Waals surface area contributed by atoms with Crippen molar-refractivity contribution in [1.29, 1.82) is 0 Å². The number of carbonyl (C=O) groups is 1. The van der Waals surface area contributed by atoms with Crippen LogP contribution in [0.15, 0.2) is 30.5 Å². The fraction of sp³-hybridized carbons (Fsp3) is 0.214. The Morgan fingerprint density at radius 2 is 2.16 bits per heavy atom. The maximum Gasteiger partial charge on any atom is 0.352 e. The predicted octanol–water partition coefficient (Wildman–Crippen LogP) is 2.69. The van der Waals surface area contributed by atoms with Crippen molar-refractivity contribution in [2.24, 2.45) is 0 Å². The van der Waals surface area contributed by atoms with E-state index in [0.717, 1.165) is 0 Å². The largest absolute Gasteiger partial charge is 0.494 e. The van der Waals surface area contributed by atoms with Crippen LogP contribution >= 0.6 is 0 Å². The zero-order valence-electron chi connectivity index (χ0n) is 10.7. The molecule has 4 nitrogen and oxygen atoms in total. The van der Waals surface area contributed by atoms with Gasteiger partial charge >= 0.3 is 5.97 Å². The van der Waals surface area contributed by atoms with Gasteiger partial charge in [0, 0.05) is 12.7 Å². The highest BCUT2D eigenvalue weighted by molar-refractivity contribution is 5.87. The van der Waals surface area contributed by atoms with E-state index in [4.69, 9.17) is 9.84 Å². The number of methoxy groups -OCH3 is 1. The number of hydrogen-bond acceptors (Lipinski definition) is 2. The number of ether oxygens (including phenoxy) is 1. The van der Waals surface area contributed by atoms with E-state index < -0.39 is 11.8 Å². The van der Waals surface area contributed by atoms with Crippen LogP contribution in [0.5, 0.6) is 5.75 Å². The molecule has 0 spiro atoms. The average molecular weight is 263 g/mol. The van der Waals surface area contributed by atoms with E-state index in [9.17, 15) is 9.18 Å². The summed E-state index contributed by atoms with van der Waals surface area (Å²) in [5.41, 5.74) is 1.58. The minimum Gasteiger partial charge on any atom is -0.494 e. The molecule has 0 fully saturated rings. The van der Waals surface area contributed by atoms with Gasteiger partial charge < -0.3 is 14.4 Å². The zero-order chi connectivity index (χ0) is 14.0. The van der Waals surface area contributed by atoms with E-state index >= 15 is 0 Å². The van der Waals surface area contributed by atoms with Crippen LogP contribution in [0.1, 0.15) is 21.6 Å². The van der Waals surface area contributed by atoms with Crippen LogP contribution in [-0.4, -0.2) is 22.8 Å². The molecule has 0 aliphatic rings. The lowest BCUT2D eigenvalue weighted by Gasteiger charge is -2.09. The Labute approximate surface area is 110 Å². The van der Waals surface area contributed by atoms with Crippen LogP contribution in [-0.2, 0) is 6.54 Å². The van der Waals surface area contributed by atoms with Crippen LogP contribution in [0, 0.1) is 12.7 Å². The molecule has 0 saturated carbocycles. The summed E-state index contributed by atoms with van der Waals surface area (Å²) in [5.74, 6) is -1.27. The molecule has 0 saturated heterocycles. The van der Waals surface area contributed by atoms with Gasteiger partial charge in [-0.15, -0.1) is 0 Å². The Balaban J connectivity index is 2.31. The molecule has 1 aromatic heterocycles. The minimum absolute atomic E-state index is 0.172. The number of nitrogens with zero attached hydrogens (tertiary/aromatic N) is 1. The molecule has 0 radical (unpaired) electrons. The normalized spacial score (nSPS) is 10.5. The van der Waals surface area contributed by atoms with Crippen LogP contribution in [0.3, 0.4) is 0 Å². The lowest BCUT2D eigenvalue weighted by Crippen LogP contribution is -2.10. The number of rotatable bonds is 4. The van der Waals surface area contributed by atoms with Gasteiger partial charge in [-0.2, -0.15) is 0 Å². The Kier molecular flexibility index (Phi) is 3.55. The molecule has 100 valence electrons. The van der Waals surface area contributed by atoms with Crippen LogP contribution in [0.4, 0.5) is 4.39 Å². The number of hydrogen-bond donors (Lipinski definition) is 1. The second-order valence-corrected chi connectivity index (χ2v) is 4.25. The molecule has 0 atom stereocenters. The number of carboxylic acids is 1.